The van der Waals surface area contributed by atoms with E-state index in [0.29, 0.717) is 11.5 Å². The Kier molecular flexibility index (Phi) is 5.53. The number of carbonyl (C=O) groups excluding carboxylic acids is 1. The van der Waals surface area contributed by atoms with E-state index in [0.717, 1.165) is 44.1 Å². The second-order valence-electron chi connectivity index (χ2n) is 7.83. The summed E-state index contributed by atoms with van der Waals surface area (Å²) in [7, 11) is 3.32. The zero-order chi connectivity index (χ0) is 19.5. The molecule has 0 radical (unpaired) electrons. The molecule has 3 aliphatic heterocycles. The van der Waals surface area contributed by atoms with E-state index < -0.39 is 0 Å². The number of benzene rings is 2. The third-order valence-electron chi connectivity index (χ3n) is 5.93. The third kappa shape index (κ3) is 3.99. The summed E-state index contributed by atoms with van der Waals surface area (Å²) in [6.07, 6.45) is 2.28. The Bertz CT molecular complexity index is 821. The number of amides is 1. The van der Waals surface area contributed by atoms with Crippen molar-refractivity contribution in [3.8, 4) is 11.5 Å². The summed E-state index contributed by atoms with van der Waals surface area (Å²) in [5.74, 6) is 2.27. The highest BCUT2D eigenvalue weighted by atomic mass is 16.5. The number of ether oxygens (including phenoxy) is 2. The third-order valence-corrected chi connectivity index (χ3v) is 5.93. The number of piperidine rings is 1. The van der Waals surface area contributed by atoms with Crippen LogP contribution >= 0.6 is 0 Å². The molecule has 3 heterocycles. The first-order chi connectivity index (χ1) is 13.7. The first kappa shape index (κ1) is 18.8. The second kappa shape index (κ2) is 8.23. The van der Waals surface area contributed by atoms with Crippen LogP contribution in [0.1, 0.15) is 28.8 Å². The predicted molar refractivity (Wildman–Crippen MR) is 109 cm³/mol. The van der Waals surface area contributed by atoms with Gasteiger partial charge in [-0.25, -0.2) is 0 Å². The topological polar surface area (TPSA) is 42.0 Å². The lowest BCUT2D eigenvalue weighted by Gasteiger charge is -2.36. The molecule has 2 bridgehead atoms. The first-order valence-electron chi connectivity index (χ1n) is 9.96. The van der Waals surface area contributed by atoms with Gasteiger partial charge in [0.25, 0.3) is 5.91 Å². The van der Waals surface area contributed by atoms with Crippen LogP contribution < -0.4 is 9.47 Å². The average Bonchev–Trinajstić information content (AvgIpc) is 3.04. The van der Waals surface area contributed by atoms with E-state index >= 15 is 0 Å². The molecule has 1 amide bonds. The molecule has 3 saturated heterocycles. The van der Waals surface area contributed by atoms with E-state index in [4.69, 9.17) is 9.47 Å². The summed E-state index contributed by atoms with van der Waals surface area (Å²) in [6.45, 7) is 3.74. The Labute approximate surface area is 166 Å². The highest BCUT2D eigenvalue weighted by molar-refractivity contribution is 5.95. The van der Waals surface area contributed by atoms with Crippen LogP contribution in [0, 0.1) is 5.92 Å². The van der Waals surface area contributed by atoms with Crippen LogP contribution in [0.5, 0.6) is 11.5 Å². The molecule has 0 unspecified atom stereocenters. The average molecular weight is 380 g/mol. The molecule has 0 saturated carbocycles. The normalized spacial score (nSPS) is 22.0. The molecule has 0 aliphatic carbocycles. The maximum atomic E-state index is 13.2. The van der Waals surface area contributed by atoms with Gasteiger partial charge < -0.3 is 14.4 Å². The summed E-state index contributed by atoms with van der Waals surface area (Å²) in [5.41, 5.74) is 2.00. The van der Waals surface area contributed by atoms with Crippen molar-refractivity contribution < 1.29 is 14.3 Å². The predicted octanol–water partition coefficient (Wildman–Crippen LogP) is 3.44. The van der Waals surface area contributed by atoms with Gasteiger partial charge >= 0.3 is 0 Å². The van der Waals surface area contributed by atoms with Gasteiger partial charge in [-0.15, -0.1) is 0 Å². The molecule has 2 aromatic rings. The Morgan fingerprint density at radius 1 is 0.964 bits per heavy atom. The van der Waals surface area contributed by atoms with Crippen molar-refractivity contribution >= 4 is 5.91 Å². The number of rotatable bonds is 5. The maximum absolute atomic E-state index is 13.2. The Balaban J connectivity index is 1.47. The van der Waals surface area contributed by atoms with Crippen molar-refractivity contribution in [1.29, 1.82) is 0 Å². The van der Waals surface area contributed by atoms with Crippen molar-refractivity contribution in [3.63, 3.8) is 0 Å². The van der Waals surface area contributed by atoms with E-state index in [1.54, 1.807) is 14.2 Å². The van der Waals surface area contributed by atoms with Crippen LogP contribution in [0.4, 0.5) is 0 Å². The highest BCUT2D eigenvalue weighted by Gasteiger charge is 2.37. The van der Waals surface area contributed by atoms with Crippen molar-refractivity contribution in [2.75, 3.05) is 33.9 Å². The number of fused-ring (bicyclic) bond motifs is 4. The van der Waals surface area contributed by atoms with Gasteiger partial charge in [-0.3, -0.25) is 9.69 Å². The van der Waals surface area contributed by atoms with Gasteiger partial charge in [0.1, 0.15) is 11.5 Å². The summed E-state index contributed by atoms with van der Waals surface area (Å²) in [6, 6.07) is 16.1. The highest BCUT2D eigenvalue weighted by Crippen LogP contribution is 2.30. The summed E-state index contributed by atoms with van der Waals surface area (Å²) < 4.78 is 10.5. The fourth-order valence-electron chi connectivity index (χ4n) is 4.47. The van der Waals surface area contributed by atoms with Gasteiger partial charge in [0.15, 0.2) is 0 Å². The lowest BCUT2D eigenvalue weighted by molar-refractivity contribution is 0.0584. The molecular weight excluding hydrogens is 352 g/mol. The standard InChI is InChI=1S/C23H28N2O3/c1-27-21-10-7-17(8-11-21)13-24-14-18-6-9-20(16-24)25(15-18)23(26)19-4-3-5-22(12-19)28-2/h3-5,7-8,10-12,18,20H,6,9,13-16H2,1-2H3/t18-,20+/m0/s1. The molecule has 3 fully saturated rings. The van der Waals surface area contributed by atoms with Crippen LogP contribution in [-0.2, 0) is 6.54 Å². The summed E-state index contributed by atoms with van der Waals surface area (Å²) in [5, 5.41) is 0. The van der Waals surface area contributed by atoms with Crippen LogP contribution in [0.25, 0.3) is 0 Å². The van der Waals surface area contributed by atoms with Crippen LogP contribution in [-0.4, -0.2) is 55.6 Å². The first-order valence-corrected chi connectivity index (χ1v) is 9.96. The Hall–Kier alpha value is -2.53. The van der Waals surface area contributed by atoms with E-state index in [1.807, 2.05) is 36.4 Å². The Morgan fingerprint density at radius 3 is 2.50 bits per heavy atom. The zero-order valence-corrected chi connectivity index (χ0v) is 16.6. The molecule has 0 N–H and O–H groups in total. The molecule has 0 spiro atoms. The molecule has 3 aliphatic rings. The van der Waals surface area contributed by atoms with Gasteiger partial charge in [0, 0.05) is 37.8 Å². The lowest BCUT2D eigenvalue weighted by Crippen LogP contribution is -2.47. The SMILES string of the molecule is COc1ccc(CN2C[C@@H]3CC[C@H](C2)N(C(=O)c2cccc(OC)c2)C3)cc1. The second-order valence-corrected chi connectivity index (χ2v) is 7.83. The Morgan fingerprint density at radius 2 is 1.75 bits per heavy atom. The molecule has 0 aromatic heterocycles. The molecule has 28 heavy (non-hydrogen) atoms. The largest absolute Gasteiger partial charge is 0.497 e. The smallest absolute Gasteiger partial charge is 0.254 e. The molecule has 2 aromatic carbocycles. The van der Waals surface area contributed by atoms with E-state index in [9.17, 15) is 4.79 Å². The zero-order valence-electron chi connectivity index (χ0n) is 16.6. The van der Waals surface area contributed by atoms with Crippen LogP contribution in [0.15, 0.2) is 48.5 Å². The minimum Gasteiger partial charge on any atom is -0.497 e. The molecule has 5 heteroatoms. The van der Waals surface area contributed by atoms with E-state index in [1.165, 1.54) is 12.0 Å². The monoisotopic (exact) mass is 380 g/mol. The van der Waals surface area contributed by atoms with Gasteiger partial charge in [-0.05, 0) is 54.7 Å². The number of methoxy groups -OCH3 is 2. The fraction of sp³-hybridized carbons (Fsp3) is 0.435. The molecule has 5 rings (SSSR count). The van der Waals surface area contributed by atoms with E-state index in [-0.39, 0.29) is 11.9 Å². The summed E-state index contributed by atoms with van der Waals surface area (Å²) >= 11 is 0. The summed E-state index contributed by atoms with van der Waals surface area (Å²) in [4.78, 5) is 17.8. The van der Waals surface area contributed by atoms with Crippen LogP contribution in [0.2, 0.25) is 0 Å². The minimum atomic E-state index is 0.125. The van der Waals surface area contributed by atoms with Crippen LogP contribution in [0.3, 0.4) is 0 Å². The maximum Gasteiger partial charge on any atom is 0.254 e. The number of nitrogens with zero attached hydrogens (tertiary/aromatic N) is 2. The molecule has 2 atom stereocenters. The molecule has 5 nitrogen and oxygen atoms in total. The van der Waals surface area contributed by atoms with Crippen molar-refractivity contribution in [2.24, 2.45) is 5.92 Å². The number of hydrogen-bond donors (Lipinski definition) is 0. The van der Waals surface area contributed by atoms with Gasteiger partial charge in [0.2, 0.25) is 0 Å². The van der Waals surface area contributed by atoms with E-state index in [2.05, 4.69) is 21.9 Å². The molecular formula is C23H28N2O3. The van der Waals surface area contributed by atoms with Gasteiger partial charge in [-0.1, -0.05) is 18.2 Å². The lowest BCUT2D eigenvalue weighted by atomic mass is 9.94. The quantitative estimate of drug-likeness (QED) is 0.797. The van der Waals surface area contributed by atoms with Crippen molar-refractivity contribution in [1.82, 2.24) is 9.80 Å². The molecule has 148 valence electrons. The van der Waals surface area contributed by atoms with Crippen molar-refractivity contribution in [3.05, 3.63) is 59.7 Å². The number of carbonyl (C=O) groups is 1. The number of hydrogen-bond acceptors (Lipinski definition) is 4. The van der Waals surface area contributed by atoms with Gasteiger partial charge in [-0.2, -0.15) is 0 Å². The van der Waals surface area contributed by atoms with Crippen molar-refractivity contribution in [2.45, 2.75) is 25.4 Å². The fourth-order valence-corrected chi connectivity index (χ4v) is 4.47. The van der Waals surface area contributed by atoms with Gasteiger partial charge in [0.05, 0.1) is 14.2 Å². The minimum absolute atomic E-state index is 0.125.